The van der Waals surface area contributed by atoms with Gasteiger partial charge in [-0.3, -0.25) is 4.79 Å². The number of ether oxygens (including phenoxy) is 3. The lowest BCUT2D eigenvalue weighted by Gasteiger charge is -2.14. The first-order chi connectivity index (χ1) is 12.4. The number of carbonyl (C=O) groups excluding carboxylic acids is 1. The van der Waals surface area contributed by atoms with Crippen molar-refractivity contribution in [2.75, 3.05) is 13.7 Å². The van der Waals surface area contributed by atoms with Gasteiger partial charge in [0.2, 0.25) is 0 Å². The molecule has 26 heavy (non-hydrogen) atoms. The van der Waals surface area contributed by atoms with Gasteiger partial charge in [-0.05, 0) is 57.4 Å². The highest BCUT2D eigenvalue weighted by atomic mass is 16.5. The quantitative estimate of drug-likeness (QED) is 0.339. The van der Waals surface area contributed by atoms with Crippen molar-refractivity contribution < 1.29 is 19.0 Å². The van der Waals surface area contributed by atoms with Crippen LogP contribution in [0.3, 0.4) is 0 Å². The van der Waals surface area contributed by atoms with Crippen LogP contribution in [0.5, 0.6) is 0 Å². The van der Waals surface area contributed by atoms with Gasteiger partial charge < -0.3 is 14.2 Å². The van der Waals surface area contributed by atoms with Gasteiger partial charge in [0, 0.05) is 0 Å². The number of carbonyl (C=O) groups is 1. The molecule has 1 aromatic carbocycles. The first kappa shape index (κ1) is 23.7. The van der Waals surface area contributed by atoms with Crippen LogP contribution in [-0.2, 0) is 25.4 Å². The third-order valence-electron chi connectivity index (χ3n) is 3.19. The lowest BCUT2D eigenvalue weighted by Crippen LogP contribution is -2.12. The highest BCUT2D eigenvalue weighted by Crippen LogP contribution is 2.10. The van der Waals surface area contributed by atoms with E-state index in [1.807, 2.05) is 45.1 Å². The molecule has 0 aliphatic carbocycles. The van der Waals surface area contributed by atoms with Gasteiger partial charge in [0.25, 0.3) is 6.47 Å². The van der Waals surface area contributed by atoms with Gasteiger partial charge in [-0.15, -0.1) is 0 Å². The van der Waals surface area contributed by atoms with Gasteiger partial charge in [-0.25, -0.2) is 0 Å². The van der Waals surface area contributed by atoms with Gasteiger partial charge >= 0.3 is 0 Å². The fraction of sp³-hybridized carbons (Fsp3) is 0.409. The van der Waals surface area contributed by atoms with Crippen LogP contribution < -0.4 is 0 Å². The van der Waals surface area contributed by atoms with Gasteiger partial charge in [0.05, 0.1) is 25.9 Å². The van der Waals surface area contributed by atoms with Crippen LogP contribution in [0.1, 0.15) is 33.3 Å². The number of hydrogen-bond acceptors (Lipinski definition) is 4. The predicted octanol–water partition coefficient (Wildman–Crippen LogP) is 4.86. The SMILES string of the molecule is C=C/C(C)=C\C(=C/COC(C)Cc1ccccc1)OC(C)C.COC=O. The van der Waals surface area contributed by atoms with Crippen LogP contribution in [0.25, 0.3) is 0 Å². The van der Waals surface area contributed by atoms with Gasteiger partial charge in [-0.1, -0.05) is 43.0 Å². The topological polar surface area (TPSA) is 44.8 Å². The molecule has 4 nitrogen and oxygen atoms in total. The van der Waals surface area contributed by atoms with Crippen LogP contribution in [0.15, 0.2) is 66.5 Å². The zero-order chi connectivity index (χ0) is 19.8. The summed E-state index contributed by atoms with van der Waals surface area (Å²) in [6, 6.07) is 10.4. The summed E-state index contributed by atoms with van der Waals surface area (Å²) in [5.74, 6) is 0.833. The lowest BCUT2D eigenvalue weighted by atomic mass is 10.1. The minimum Gasteiger partial charge on any atom is -0.491 e. The normalized spacial score (nSPS) is 12.7. The molecule has 1 aromatic rings. The number of hydrogen-bond donors (Lipinski definition) is 0. The van der Waals surface area contributed by atoms with E-state index >= 15 is 0 Å². The second-order valence-corrected chi connectivity index (χ2v) is 6.03. The molecule has 0 radical (unpaired) electrons. The van der Waals surface area contributed by atoms with E-state index in [-0.39, 0.29) is 12.2 Å². The lowest BCUT2D eigenvalue weighted by molar-refractivity contribution is -0.126. The first-order valence-electron chi connectivity index (χ1n) is 8.72. The maximum Gasteiger partial charge on any atom is 0.292 e. The Hall–Kier alpha value is -2.33. The summed E-state index contributed by atoms with van der Waals surface area (Å²) in [4.78, 5) is 8.95. The van der Waals surface area contributed by atoms with Crippen molar-refractivity contribution in [3.63, 3.8) is 0 Å². The number of benzene rings is 1. The molecule has 0 saturated carbocycles. The largest absolute Gasteiger partial charge is 0.491 e. The van der Waals surface area contributed by atoms with Crippen molar-refractivity contribution in [3.05, 3.63) is 72.0 Å². The average molecular weight is 360 g/mol. The Labute approximate surface area is 158 Å². The summed E-state index contributed by atoms with van der Waals surface area (Å²) >= 11 is 0. The first-order valence-corrected chi connectivity index (χ1v) is 8.72. The molecule has 1 rings (SSSR count). The summed E-state index contributed by atoms with van der Waals surface area (Å²) in [6.07, 6.45) is 7.00. The summed E-state index contributed by atoms with van der Waals surface area (Å²) in [5, 5.41) is 0. The fourth-order valence-corrected chi connectivity index (χ4v) is 2.00. The van der Waals surface area contributed by atoms with Crippen molar-refractivity contribution in [1.29, 1.82) is 0 Å². The maximum atomic E-state index is 8.95. The molecule has 0 aromatic heterocycles. The van der Waals surface area contributed by atoms with Crippen LogP contribution in [-0.4, -0.2) is 32.4 Å². The zero-order valence-corrected chi connectivity index (χ0v) is 16.6. The Bertz CT molecular complexity index is 559. The number of allylic oxidation sites excluding steroid dienone is 3. The molecule has 144 valence electrons. The monoisotopic (exact) mass is 360 g/mol. The average Bonchev–Trinajstić information content (AvgIpc) is 2.62. The van der Waals surface area contributed by atoms with E-state index in [0.29, 0.717) is 13.1 Å². The summed E-state index contributed by atoms with van der Waals surface area (Å²) in [7, 11) is 1.31. The minimum atomic E-state index is 0.141. The van der Waals surface area contributed by atoms with E-state index in [9.17, 15) is 0 Å². The Morgan fingerprint density at radius 1 is 1.19 bits per heavy atom. The second-order valence-electron chi connectivity index (χ2n) is 6.03. The molecular weight excluding hydrogens is 328 g/mol. The molecule has 0 spiro atoms. The van der Waals surface area contributed by atoms with Crippen LogP contribution >= 0.6 is 0 Å². The Morgan fingerprint density at radius 2 is 1.81 bits per heavy atom. The highest BCUT2D eigenvalue weighted by Gasteiger charge is 2.04. The summed E-state index contributed by atoms with van der Waals surface area (Å²) < 4.78 is 15.5. The minimum absolute atomic E-state index is 0.141. The Kier molecular flexibility index (Phi) is 13.6. The van der Waals surface area contributed by atoms with E-state index in [1.165, 1.54) is 12.7 Å². The molecule has 4 heteroatoms. The zero-order valence-electron chi connectivity index (χ0n) is 16.6. The molecule has 0 amide bonds. The van der Waals surface area contributed by atoms with E-state index in [0.717, 1.165) is 17.8 Å². The van der Waals surface area contributed by atoms with E-state index < -0.39 is 0 Å². The molecule has 1 atom stereocenters. The Balaban J connectivity index is 0.00000141. The van der Waals surface area contributed by atoms with Crippen LogP contribution in [0, 0.1) is 0 Å². The number of rotatable bonds is 10. The summed E-state index contributed by atoms with van der Waals surface area (Å²) in [5.41, 5.74) is 2.37. The van der Waals surface area contributed by atoms with Gasteiger partial charge in [-0.2, -0.15) is 0 Å². The molecule has 0 N–H and O–H groups in total. The van der Waals surface area contributed by atoms with Crippen LogP contribution in [0.4, 0.5) is 0 Å². The molecule has 0 fully saturated rings. The van der Waals surface area contributed by atoms with E-state index in [4.69, 9.17) is 14.3 Å². The molecular formula is C22H32O4. The van der Waals surface area contributed by atoms with Gasteiger partial charge in [0.1, 0.15) is 5.76 Å². The molecule has 1 unspecified atom stereocenters. The van der Waals surface area contributed by atoms with Crippen molar-refractivity contribution in [1.82, 2.24) is 0 Å². The third kappa shape index (κ3) is 13.0. The predicted molar refractivity (Wildman–Crippen MR) is 107 cm³/mol. The Morgan fingerprint density at radius 3 is 2.31 bits per heavy atom. The molecule has 0 bridgehead atoms. The van der Waals surface area contributed by atoms with Crippen molar-refractivity contribution in [2.45, 2.75) is 46.3 Å². The van der Waals surface area contributed by atoms with Crippen molar-refractivity contribution in [3.8, 4) is 0 Å². The molecule has 0 heterocycles. The smallest absolute Gasteiger partial charge is 0.292 e. The second kappa shape index (κ2) is 15.0. The van der Waals surface area contributed by atoms with Crippen molar-refractivity contribution in [2.24, 2.45) is 0 Å². The van der Waals surface area contributed by atoms with Gasteiger partial charge in [0.15, 0.2) is 0 Å². The summed E-state index contributed by atoms with van der Waals surface area (Å²) in [6.45, 7) is 12.8. The highest BCUT2D eigenvalue weighted by molar-refractivity contribution is 5.36. The molecule has 0 saturated heterocycles. The fourth-order valence-electron chi connectivity index (χ4n) is 2.00. The molecule has 0 aliphatic rings. The standard InChI is InChI=1S/C20H28O2.C2H4O2/c1-6-17(4)14-20(22-16(2)3)12-13-21-18(5)15-19-10-8-7-9-11-19;1-4-2-3/h6-12,14,16,18H,1,13,15H2,2-5H3;2H,1H3/b17-14-,20-12+;. The van der Waals surface area contributed by atoms with E-state index in [2.05, 4.69) is 42.5 Å². The molecule has 0 aliphatic heterocycles. The third-order valence-corrected chi connectivity index (χ3v) is 3.19. The maximum absolute atomic E-state index is 8.95. The number of methoxy groups -OCH3 is 1. The van der Waals surface area contributed by atoms with Crippen LogP contribution in [0.2, 0.25) is 0 Å². The van der Waals surface area contributed by atoms with E-state index in [1.54, 1.807) is 0 Å². The van der Waals surface area contributed by atoms with Crippen molar-refractivity contribution >= 4 is 6.47 Å².